The zero-order chi connectivity index (χ0) is 14.2. The molecule has 0 atom stereocenters. The molecule has 20 heavy (non-hydrogen) atoms. The van der Waals surface area contributed by atoms with E-state index in [0.29, 0.717) is 5.69 Å². The van der Waals surface area contributed by atoms with E-state index in [9.17, 15) is 4.79 Å². The highest BCUT2D eigenvalue weighted by atomic mass is 16.2. The quantitative estimate of drug-likeness (QED) is 0.868. The second-order valence-corrected chi connectivity index (χ2v) is 5.41. The molecule has 0 aliphatic heterocycles. The van der Waals surface area contributed by atoms with Crippen LogP contribution in [0.1, 0.15) is 18.4 Å². The first-order valence-corrected chi connectivity index (χ1v) is 6.83. The molecule has 0 spiro atoms. The van der Waals surface area contributed by atoms with Crippen LogP contribution in [-0.2, 0) is 10.2 Å². The van der Waals surface area contributed by atoms with Gasteiger partial charge in [0.15, 0.2) is 0 Å². The molecule has 1 aliphatic rings. The molecule has 2 aromatic carbocycles. The lowest BCUT2D eigenvalue weighted by Gasteiger charge is -2.24. The molecule has 0 radical (unpaired) electrons. The summed E-state index contributed by atoms with van der Waals surface area (Å²) in [5.74, 6) is 0.148. The Balaban J connectivity index is 1.90. The van der Waals surface area contributed by atoms with Gasteiger partial charge in [0, 0.05) is 18.4 Å². The fourth-order valence-electron chi connectivity index (χ4n) is 2.68. The summed E-state index contributed by atoms with van der Waals surface area (Å²) in [6, 6.07) is 17.5. The summed E-state index contributed by atoms with van der Waals surface area (Å²) < 4.78 is 0. The highest BCUT2D eigenvalue weighted by Crippen LogP contribution is 2.49. The molecule has 2 N–H and O–H groups in total. The number of carbonyl (C=O) groups is 1. The molecule has 1 fully saturated rings. The molecule has 102 valence electrons. The Morgan fingerprint density at radius 1 is 1.10 bits per heavy atom. The van der Waals surface area contributed by atoms with Crippen LogP contribution < -0.4 is 10.6 Å². The average molecular weight is 266 g/mol. The Hall–Kier alpha value is -2.29. The number of nitrogen functional groups attached to an aromatic ring is 1. The van der Waals surface area contributed by atoms with Crippen molar-refractivity contribution in [3.05, 3.63) is 60.2 Å². The first kappa shape index (κ1) is 12.7. The average Bonchev–Trinajstić information content (AvgIpc) is 3.28. The van der Waals surface area contributed by atoms with Crippen molar-refractivity contribution in [1.29, 1.82) is 0 Å². The zero-order valence-electron chi connectivity index (χ0n) is 11.5. The van der Waals surface area contributed by atoms with Gasteiger partial charge in [-0.1, -0.05) is 36.4 Å². The standard InChI is InChI=1S/C17H18N2O/c1-19(15-9-5-8-14(18)12-15)16(20)17(10-11-17)13-6-3-2-4-7-13/h2-9,12H,10-11,18H2,1H3. The van der Waals surface area contributed by atoms with Gasteiger partial charge in [0.05, 0.1) is 5.41 Å². The molecule has 1 saturated carbocycles. The Kier molecular flexibility index (Phi) is 2.97. The second-order valence-electron chi connectivity index (χ2n) is 5.41. The third-order valence-electron chi connectivity index (χ3n) is 4.05. The highest BCUT2D eigenvalue weighted by molar-refractivity contribution is 6.03. The molecule has 0 unspecified atom stereocenters. The SMILES string of the molecule is CN(C(=O)C1(c2ccccc2)CC1)c1cccc(N)c1. The van der Waals surface area contributed by atoms with E-state index in [1.807, 2.05) is 61.6 Å². The minimum Gasteiger partial charge on any atom is -0.399 e. The maximum Gasteiger partial charge on any atom is 0.237 e. The van der Waals surface area contributed by atoms with Gasteiger partial charge in [-0.15, -0.1) is 0 Å². The van der Waals surface area contributed by atoms with Gasteiger partial charge in [0.25, 0.3) is 0 Å². The number of likely N-dealkylation sites (N-methyl/N-ethyl adjacent to an activating group) is 1. The largest absolute Gasteiger partial charge is 0.399 e. The van der Waals surface area contributed by atoms with E-state index in [1.54, 1.807) is 4.90 Å². The zero-order valence-corrected chi connectivity index (χ0v) is 11.5. The Labute approximate surface area is 119 Å². The van der Waals surface area contributed by atoms with Gasteiger partial charge in [0.1, 0.15) is 0 Å². The molecule has 3 heteroatoms. The highest BCUT2D eigenvalue weighted by Gasteiger charge is 2.52. The maximum absolute atomic E-state index is 12.8. The Bertz CT molecular complexity index is 632. The summed E-state index contributed by atoms with van der Waals surface area (Å²) in [6.07, 6.45) is 1.84. The number of hydrogen-bond donors (Lipinski definition) is 1. The van der Waals surface area contributed by atoms with Crippen LogP contribution in [0.3, 0.4) is 0 Å². The lowest BCUT2D eigenvalue weighted by atomic mass is 9.94. The van der Waals surface area contributed by atoms with Gasteiger partial charge in [-0.3, -0.25) is 4.79 Å². The smallest absolute Gasteiger partial charge is 0.237 e. The van der Waals surface area contributed by atoms with Gasteiger partial charge in [0.2, 0.25) is 5.91 Å². The molecular formula is C17H18N2O. The second kappa shape index (κ2) is 4.67. The number of nitrogens with zero attached hydrogens (tertiary/aromatic N) is 1. The van der Waals surface area contributed by atoms with Crippen LogP contribution in [0.2, 0.25) is 0 Å². The summed E-state index contributed by atoms with van der Waals surface area (Å²) in [4.78, 5) is 14.5. The molecule has 1 amide bonds. The number of hydrogen-bond acceptors (Lipinski definition) is 2. The van der Waals surface area contributed by atoms with Crippen LogP contribution in [0.25, 0.3) is 0 Å². The minimum absolute atomic E-state index is 0.148. The van der Waals surface area contributed by atoms with Gasteiger partial charge in [-0.2, -0.15) is 0 Å². The Morgan fingerprint density at radius 2 is 1.80 bits per heavy atom. The molecule has 0 saturated heterocycles. The van der Waals surface area contributed by atoms with Crippen molar-refractivity contribution < 1.29 is 4.79 Å². The number of nitrogens with two attached hydrogens (primary N) is 1. The predicted molar refractivity (Wildman–Crippen MR) is 81.6 cm³/mol. The van der Waals surface area contributed by atoms with Crippen molar-refractivity contribution in [1.82, 2.24) is 0 Å². The van der Waals surface area contributed by atoms with E-state index in [-0.39, 0.29) is 11.3 Å². The van der Waals surface area contributed by atoms with Gasteiger partial charge < -0.3 is 10.6 Å². The summed E-state index contributed by atoms with van der Waals surface area (Å²) in [5, 5.41) is 0. The van der Waals surface area contributed by atoms with Gasteiger partial charge >= 0.3 is 0 Å². The number of anilines is 2. The van der Waals surface area contributed by atoms with Crippen LogP contribution in [0.5, 0.6) is 0 Å². The van der Waals surface area contributed by atoms with Crippen molar-refractivity contribution in [3.8, 4) is 0 Å². The van der Waals surface area contributed by atoms with Gasteiger partial charge in [-0.25, -0.2) is 0 Å². The normalized spacial score (nSPS) is 15.7. The molecule has 1 aliphatic carbocycles. The van der Waals surface area contributed by atoms with E-state index in [2.05, 4.69) is 0 Å². The lowest BCUT2D eigenvalue weighted by Crippen LogP contribution is -2.36. The van der Waals surface area contributed by atoms with E-state index >= 15 is 0 Å². The summed E-state index contributed by atoms with van der Waals surface area (Å²) in [7, 11) is 1.82. The van der Waals surface area contributed by atoms with Crippen LogP contribution in [0.15, 0.2) is 54.6 Å². The minimum atomic E-state index is -0.333. The summed E-state index contributed by atoms with van der Waals surface area (Å²) >= 11 is 0. The van der Waals surface area contributed by atoms with Crippen LogP contribution in [0, 0.1) is 0 Å². The maximum atomic E-state index is 12.8. The fraction of sp³-hybridized carbons (Fsp3) is 0.235. The molecule has 0 heterocycles. The summed E-state index contributed by atoms with van der Waals surface area (Å²) in [5.41, 5.74) is 8.09. The van der Waals surface area contributed by atoms with Crippen molar-refractivity contribution in [2.45, 2.75) is 18.3 Å². The first-order chi connectivity index (χ1) is 9.63. The summed E-state index contributed by atoms with van der Waals surface area (Å²) in [6.45, 7) is 0. The number of carbonyl (C=O) groups excluding carboxylic acids is 1. The van der Waals surface area contributed by atoms with E-state index in [0.717, 1.165) is 24.1 Å². The van der Waals surface area contributed by atoms with Crippen molar-refractivity contribution in [3.63, 3.8) is 0 Å². The molecule has 0 aromatic heterocycles. The third kappa shape index (κ3) is 2.05. The fourth-order valence-corrected chi connectivity index (χ4v) is 2.68. The van der Waals surface area contributed by atoms with Crippen molar-refractivity contribution in [2.75, 3.05) is 17.7 Å². The van der Waals surface area contributed by atoms with Crippen LogP contribution in [-0.4, -0.2) is 13.0 Å². The first-order valence-electron chi connectivity index (χ1n) is 6.83. The molecular weight excluding hydrogens is 248 g/mol. The van der Waals surface area contributed by atoms with Gasteiger partial charge in [-0.05, 0) is 36.6 Å². The monoisotopic (exact) mass is 266 g/mol. The predicted octanol–water partition coefficient (Wildman–Crippen LogP) is 2.96. The Morgan fingerprint density at radius 3 is 2.40 bits per heavy atom. The van der Waals surface area contributed by atoms with Crippen molar-refractivity contribution in [2.24, 2.45) is 0 Å². The van der Waals surface area contributed by atoms with Crippen LogP contribution in [0.4, 0.5) is 11.4 Å². The molecule has 3 nitrogen and oxygen atoms in total. The van der Waals surface area contributed by atoms with Crippen molar-refractivity contribution >= 4 is 17.3 Å². The van der Waals surface area contributed by atoms with E-state index < -0.39 is 0 Å². The molecule has 0 bridgehead atoms. The third-order valence-corrected chi connectivity index (χ3v) is 4.05. The number of benzene rings is 2. The van der Waals surface area contributed by atoms with Crippen LogP contribution >= 0.6 is 0 Å². The van der Waals surface area contributed by atoms with E-state index in [4.69, 9.17) is 5.73 Å². The number of rotatable bonds is 3. The molecule has 3 rings (SSSR count). The number of amides is 1. The molecule has 2 aromatic rings. The van der Waals surface area contributed by atoms with E-state index in [1.165, 1.54) is 0 Å². The topological polar surface area (TPSA) is 46.3 Å². The lowest BCUT2D eigenvalue weighted by molar-refractivity contribution is -0.120.